The van der Waals surface area contributed by atoms with E-state index in [1.807, 2.05) is 26.0 Å². The zero-order valence-corrected chi connectivity index (χ0v) is 12.6. The van der Waals surface area contributed by atoms with Crippen LogP contribution in [-0.2, 0) is 0 Å². The van der Waals surface area contributed by atoms with E-state index in [4.69, 9.17) is 5.73 Å². The first-order valence-corrected chi connectivity index (χ1v) is 7.38. The van der Waals surface area contributed by atoms with Gasteiger partial charge >= 0.3 is 0 Å². The third-order valence-electron chi connectivity index (χ3n) is 4.06. The minimum atomic E-state index is -0.258. The molecule has 0 bridgehead atoms. The number of nitrogens with one attached hydrogen (secondary N) is 1. The third kappa shape index (κ3) is 2.12. The van der Waals surface area contributed by atoms with Gasteiger partial charge in [0.1, 0.15) is 0 Å². The molecule has 3 rings (SSSR count). The highest BCUT2D eigenvalue weighted by atomic mass is 16.1. The van der Waals surface area contributed by atoms with Crippen molar-refractivity contribution in [1.82, 2.24) is 0 Å². The number of anilines is 1. The summed E-state index contributed by atoms with van der Waals surface area (Å²) >= 11 is 0. The number of hydrogen-bond donors (Lipinski definition) is 2. The summed E-state index contributed by atoms with van der Waals surface area (Å²) in [6.45, 7) is 3.81. The van der Waals surface area contributed by atoms with Crippen LogP contribution in [0.15, 0.2) is 36.4 Å². The van der Waals surface area contributed by atoms with Gasteiger partial charge in [0, 0.05) is 22.4 Å². The summed E-state index contributed by atoms with van der Waals surface area (Å²) < 4.78 is 0. The van der Waals surface area contributed by atoms with Crippen molar-refractivity contribution in [2.45, 2.75) is 26.4 Å². The molecule has 2 aromatic rings. The van der Waals surface area contributed by atoms with E-state index in [0.717, 1.165) is 12.0 Å². The van der Waals surface area contributed by atoms with Crippen LogP contribution in [0.1, 0.15) is 50.8 Å². The van der Waals surface area contributed by atoms with Crippen molar-refractivity contribution >= 4 is 17.3 Å². The van der Waals surface area contributed by atoms with Crippen molar-refractivity contribution in [3.05, 3.63) is 64.2 Å². The molecule has 0 spiro atoms. The fraction of sp³-hybridized carbons (Fsp3) is 0.222. The van der Waals surface area contributed by atoms with Crippen LogP contribution in [0.3, 0.4) is 0 Å². The van der Waals surface area contributed by atoms with E-state index in [1.54, 1.807) is 24.3 Å². The van der Waals surface area contributed by atoms with Crippen molar-refractivity contribution in [3.63, 3.8) is 0 Å². The predicted octanol–water partition coefficient (Wildman–Crippen LogP) is 2.88. The largest absolute Gasteiger partial charge is 0.369 e. The smallest absolute Gasteiger partial charge is 0.196 e. The number of carbonyl (C=O) groups excluding carboxylic acids is 2. The molecule has 0 saturated heterocycles. The quantitative estimate of drug-likeness (QED) is 0.729. The molecular weight excluding hydrogens is 276 g/mol. The summed E-state index contributed by atoms with van der Waals surface area (Å²) in [6.07, 6.45) is 0.466. The third-order valence-corrected chi connectivity index (χ3v) is 4.06. The van der Waals surface area contributed by atoms with Crippen LogP contribution in [0, 0.1) is 6.92 Å². The molecule has 0 heterocycles. The molecule has 112 valence electrons. The molecule has 1 aliphatic carbocycles. The molecule has 2 aromatic carbocycles. The number of aryl methyl sites for hydroxylation is 1. The molecule has 0 aliphatic heterocycles. The molecule has 1 atom stereocenters. The second-order valence-electron chi connectivity index (χ2n) is 5.54. The van der Waals surface area contributed by atoms with Gasteiger partial charge in [-0.25, -0.2) is 0 Å². The molecule has 22 heavy (non-hydrogen) atoms. The minimum absolute atomic E-state index is 0.101. The van der Waals surface area contributed by atoms with Crippen molar-refractivity contribution in [3.8, 4) is 0 Å². The maximum atomic E-state index is 12.9. The molecule has 0 aromatic heterocycles. The van der Waals surface area contributed by atoms with Gasteiger partial charge in [-0.1, -0.05) is 37.3 Å². The molecule has 0 radical (unpaired) electrons. The Morgan fingerprint density at radius 1 is 1.00 bits per heavy atom. The molecule has 0 amide bonds. The van der Waals surface area contributed by atoms with E-state index in [0.29, 0.717) is 27.9 Å². The lowest BCUT2D eigenvalue weighted by Gasteiger charge is -2.24. The van der Waals surface area contributed by atoms with Crippen LogP contribution in [0.25, 0.3) is 0 Å². The Morgan fingerprint density at radius 2 is 1.59 bits per heavy atom. The van der Waals surface area contributed by atoms with E-state index < -0.39 is 0 Å². The lowest BCUT2D eigenvalue weighted by atomic mass is 9.81. The van der Waals surface area contributed by atoms with E-state index >= 15 is 0 Å². The standard InChI is InChI=1S/C18H18N2O2/c1-3-14(19)20-13-9-8-10(2)15-16(13)18(22)12-7-5-4-6-11(12)17(15)21/h4-9,14,20H,3,19H2,1-2H3. The van der Waals surface area contributed by atoms with Crippen LogP contribution < -0.4 is 11.1 Å². The van der Waals surface area contributed by atoms with E-state index in [-0.39, 0.29) is 17.7 Å². The highest BCUT2D eigenvalue weighted by Crippen LogP contribution is 2.34. The number of ketones is 2. The van der Waals surface area contributed by atoms with Crippen LogP contribution in [0.5, 0.6) is 0 Å². The van der Waals surface area contributed by atoms with Crippen molar-refractivity contribution in [1.29, 1.82) is 0 Å². The van der Waals surface area contributed by atoms with Crippen molar-refractivity contribution < 1.29 is 9.59 Å². The summed E-state index contributed by atoms with van der Waals surface area (Å²) in [5.41, 5.74) is 9.23. The van der Waals surface area contributed by atoms with Crippen molar-refractivity contribution in [2.75, 3.05) is 5.32 Å². The van der Waals surface area contributed by atoms with Gasteiger partial charge in [-0.15, -0.1) is 0 Å². The number of nitrogens with two attached hydrogens (primary N) is 1. The maximum Gasteiger partial charge on any atom is 0.196 e. The van der Waals surface area contributed by atoms with Crippen LogP contribution >= 0.6 is 0 Å². The number of hydrogen-bond acceptors (Lipinski definition) is 4. The van der Waals surface area contributed by atoms with Crippen LogP contribution in [0.4, 0.5) is 5.69 Å². The van der Waals surface area contributed by atoms with Gasteiger partial charge < -0.3 is 11.1 Å². The Balaban J connectivity index is 2.23. The highest BCUT2D eigenvalue weighted by Gasteiger charge is 2.32. The zero-order chi connectivity index (χ0) is 15.9. The van der Waals surface area contributed by atoms with Gasteiger partial charge in [0.2, 0.25) is 0 Å². The highest BCUT2D eigenvalue weighted by molar-refractivity contribution is 6.30. The molecule has 0 saturated carbocycles. The fourth-order valence-electron chi connectivity index (χ4n) is 2.81. The van der Waals surface area contributed by atoms with E-state index in [9.17, 15) is 9.59 Å². The number of carbonyl (C=O) groups is 2. The lowest BCUT2D eigenvalue weighted by Crippen LogP contribution is -2.31. The van der Waals surface area contributed by atoms with Crippen LogP contribution in [-0.4, -0.2) is 17.7 Å². The molecule has 4 nitrogen and oxygen atoms in total. The minimum Gasteiger partial charge on any atom is -0.369 e. The summed E-state index contributed by atoms with van der Waals surface area (Å²) in [7, 11) is 0. The summed E-state index contributed by atoms with van der Waals surface area (Å²) in [5, 5.41) is 3.13. The van der Waals surface area contributed by atoms with Gasteiger partial charge in [-0.3, -0.25) is 9.59 Å². The van der Waals surface area contributed by atoms with Gasteiger partial charge in [0.05, 0.1) is 11.7 Å². The van der Waals surface area contributed by atoms with E-state index in [2.05, 4.69) is 5.32 Å². The first-order chi connectivity index (χ1) is 10.5. The molecule has 4 heteroatoms. The molecule has 3 N–H and O–H groups in total. The lowest BCUT2D eigenvalue weighted by molar-refractivity contribution is 0.0979. The van der Waals surface area contributed by atoms with Gasteiger partial charge in [-0.2, -0.15) is 0 Å². The Kier molecular flexibility index (Phi) is 3.54. The Labute approximate surface area is 129 Å². The topological polar surface area (TPSA) is 72.2 Å². The summed E-state index contributed by atoms with van der Waals surface area (Å²) in [4.78, 5) is 25.6. The zero-order valence-electron chi connectivity index (χ0n) is 12.6. The maximum absolute atomic E-state index is 12.9. The normalized spacial score (nSPS) is 14.3. The monoisotopic (exact) mass is 294 g/mol. The van der Waals surface area contributed by atoms with Crippen molar-refractivity contribution in [2.24, 2.45) is 5.73 Å². The first kappa shape index (κ1) is 14.5. The number of fused-ring (bicyclic) bond motifs is 2. The number of benzene rings is 2. The Morgan fingerprint density at radius 3 is 2.18 bits per heavy atom. The Bertz CT molecular complexity index is 781. The number of rotatable bonds is 3. The second kappa shape index (κ2) is 5.39. The Hall–Kier alpha value is -2.46. The van der Waals surface area contributed by atoms with Crippen LogP contribution in [0.2, 0.25) is 0 Å². The summed E-state index contributed by atoms with van der Waals surface area (Å²) in [5.74, 6) is -0.226. The van der Waals surface area contributed by atoms with Gasteiger partial charge in [0.25, 0.3) is 0 Å². The summed E-state index contributed by atoms with van der Waals surface area (Å²) in [6, 6.07) is 10.6. The van der Waals surface area contributed by atoms with E-state index in [1.165, 1.54) is 0 Å². The molecule has 1 unspecified atom stereocenters. The molecule has 0 fully saturated rings. The van der Waals surface area contributed by atoms with Gasteiger partial charge in [0.15, 0.2) is 11.6 Å². The molecule has 1 aliphatic rings. The predicted molar refractivity (Wildman–Crippen MR) is 86.4 cm³/mol. The SMILES string of the molecule is CCC(N)Nc1ccc(C)c2c1C(=O)c1ccccc1C2=O. The average molecular weight is 294 g/mol. The fourth-order valence-corrected chi connectivity index (χ4v) is 2.81. The second-order valence-corrected chi connectivity index (χ2v) is 5.54. The molecular formula is C18H18N2O2. The average Bonchev–Trinajstić information content (AvgIpc) is 2.54. The van der Waals surface area contributed by atoms with Gasteiger partial charge in [-0.05, 0) is 25.0 Å². The first-order valence-electron chi connectivity index (χ1n) is 7.38.